The molecule has 0 saturated carbocycles. The fourth-order valence-electron chi connectivity index (χ4n) is 3.65. The number of nitrogens with zero attached hydrogens (tertiary/aromatic N) is 1. The molecule has 0 unspecified atom stereocenters. The molecule has 0 radical (unpaired) electrons. The molecular weight excluding hydrogens is 364 g/mol. The number of anilines is 1. The average molecular weight is 395 g/mol. The van der Waals surface area contributed by atoms with Crippen LogP contribution in [-0.4, -0.2) is 29.9 Å². The van der Waals surface area contributed by atoms with Crippen LogP contribution in [0, 0.1) is 0 Å². The molecule has 154 valence electrons. The molecule has 29 heavy (non-hydrogen) atoms. The number of nitrogens with one attached hydrogen (secondary N) is 2. The largest absolute Gasteiger partial charge is 0.369 e. The van der Waals surface area contributed by atoms with Crippen molar-refractivity contribution < 1.29 is 9.59 Å². The van der Waals surface area contributed by atoms with E-state index in [1.54, 1.807) is 12.1 Å². The van der Waals surface area contributed by atoms with Gasteiger partial charge >= 0.3 is 6.03 Å². The smallest absolute Gasteiger partial charge is 0.319 e. The van der Waals surface area contributed by atoms with E-state index in [1.807, 2.05) is 12.1 Å². The van der Waals surface area contributed by atoms with Crippen molar-refractivity contribution in [1.29, 1.82) is 0 Å². The highest BCUT2D eigenvalue weighted by Gasteiger charge is 2.10. The van der Waals surface area contributed by atoms with Gasteiger partial charge < -0.3 is 16.4 Å². The van der Waals surface area contributed by atoms with Gasteiger partial charge in [-0.15, -0.1) is 0 Å². The number of benzene rings is 2. The van der Waals surface area contributed by atoms with Gasteiger partial charge in [-0.1, -0.05) is 55.3 Å². The molecule has 2 aromatic rings. The third-order valence-corrected chi connectivity index (χ3v) is 5.21. The first-order valence-electron chi connectivity index (χ1n) is 10.3. The summed E-state index contributed by atoms with van der Waals surface area (Å²) in [6.07, 6.45) is 5.36. The number of hydrogen-bond donors (Lipinski definition) is 3. The average Bonchev–Trinajstić information content (AvgIpc) is 2.97. The van der Waals surface area contributed by atoms with E-state index in [0.29, 0.717) is 17.8 Å². The Morgan fingerprint density at radius 2 is 1.55 bits per heavy atom. The Hall–Kier alpha value is -2.86. The van der Waals surface area contributed by atoms with Gasteiger partial charge in [-0.05, 0) is 48.7 Å². The van der Waals surface area contributed by atoms with Gasteiger partial charge in [0.1, 0.15) is 0 Å². The van der Waals surface area contributed by atoms with Crippen molar-refractivity contribution in [2.75, 3.05) is 18.4 Å². The predicted octanol–water partition coefficient (Wildman–Crippen LogP) is 3.41. The molecule has 3 rings (SSSR count). The number of carbonyl (C=O) groups is 2. The topological polar surface area (TPSA) is 87.5 Å². The Kier molecular flexibility index (Phi) is 7.64. The number of urea groups is 1. The van der Waals surface area contributed by atoms with Gasteiger partial charge in [0.25, 0.3) is 0 Å². The van der Waals surface area contributed by atoms with Crippen molar-refractivity contribution in [2.45, 2.75) is 45.2 Å². The van der Waals surface area contributed by atoms with Crippen molar-refractivity contribution in [1.82, 2.24) is 10.2 Å². The van der Waals surface area contributed by atoms with Crippen LogP contribution in [0.2, 0.25) is 0 Å². The molecule has 6 heteroatoms. The van der Waals surface area contributed by atoms with Crippen LogP contribution >= 0.6 is 0 Å². The molecule has 3 amide bonds. The number of amides is 3. The van der Waals surface area contributed by atoms with Crippen LogP contribution < -0.4 is 16.4 Å². The second-order valence-electron chi connectivity index (χ2n) is 7.61. The molecule has 6 nitrogen and oxygen atoms in total. The minimum absolute atomic E-state index is 0.0922. The van der Waals surface area contributed by atoms with E-state index in [4.69, 9.17) is 5.73 Å². The van der Waals surface area contributed by atoms with E-state index in [9.17, 15) is 9.59 Å². The summed E-state index contributed by atoms with van der Waals surface area (Å²) in [6.45, 7) is 3.79. The zero-order chi connectivity index (χ0) is 20.5. The van der Waals surface area contributed by atoms with Gasteiger partial charge in [-0.25, -0.2) is 4.79 Å². The maximum absolute atomic E-state index is 12.2. The second-order valence-corrected chi connectivity index (χ2v) is 7.61. The van der Waals surface area contributed by atoms with Gasteiger partial charge in [0.05, 0.1) is 6.42 Å². The molecule has 1 aliphatic heterocycles. The number of para-hydroxylation sites is 1. The van der Waals surface area contributed by atoms with E-state index in [2.05, 4.69) is 39.8 Å². The fourth-order valence-corrected chi connectivity index (χ4v) is 3.65. The molecule has 1 fully saturated rings. The normalized spacial score (nSPS) is 14.8. The second kappa shape index (κ2) is 10.6. The summed E-state index contributed by atoms with van der Waals surface area (Å²) in [6, 6.07) is 15.3. The summed E-state index contributed by atoms with van der Waals surface area (Å²) in [5.74, 6) is -0.431. The molecule has 2 aromatic carbocycles. The Balaban J connectivity index is 1.48. The lowest BCUT2D eigenvalue weighted by Crippen LogP contribution is -2.29. The first-order valence-corrected chi connectivity index (χ1v) is 10.3. The van der Waals surface area contributed by atoms with Crippen LogP contribution in [0.15, 0.2) is 48.5 Å². The van der Waals surface area contributed by atoms with Crippen LogP contribution in [0.3, 0.4) is 0 Å². The summed E-state index contributed by atoms with van der Waals surface area (Å²) in [5, 5.41) is 5.65. The highest BCUT2D eigenvalue weighted by Crippen LogP contribution is 2.16. The van der Waals surface area contributed by atoms with Crippen LogP contribution in [0.25, 0.3) is 0 Å². The zero-order valence-corrected chi connectivity index (χ0v) is 16.8. The summed E-state index contributed by atoms with van der Waals surface area (Å²) >= 11 is 0. The van der Waals surface area contributed by atoms with Crippen molar-refractivity contribution in [2.24, 2.45) is 5.73 Å². The van der Waals surface area contributed by atoms with Crippen LogP contribution in [-0.2, 0) is 24.3 Å². The summed E-state index contributed by atoms with van der Waals surface area (Å²) < 4.78 is 0. The quantitative estimate of drug-likeness (QED) is 0.672. The molecule has 4 N–H and O–H groups in total. The van der Waals surface area contributed by atoms with Crippen LogP contribution in [0.5, 0.6) is 0 Å². The Labute approximate surface area is 172 Å². The molecule has 1 aliphatic rings. The Morgan fingerprint density at radius 1 is 0.897 bits per heavy atom. The highest BCUT2D eigenvalue weighted by atomic mass is 16.2. The first-order chi connectivity index (χ1) is 14.1. The number of rotatable bonds is 7. The van der Waals surface area contributed by atoms with Gasteiger partial charge in [0.2, 0.25) is 5.91 Å². The van der Waals surface area contributed by atoms with Gasteiger partial charge in [0.15, 0.2) is 0 Å². The maximum Gasteiger partial charge on any atom is 0.319 e. The van der Waals surface area contributed by atoms with E-state index in [0.717, 1.165) is 12.1 Å². The lowest BCUT2D eigenvalue weighted by atomic mass is 10.1. The third-order valence-electron chi connectivity index (χ3n) is 5.21. The number of nitrogens with two attached hydrogens (primary N) is 1. The third kappa shape index (κ3) is 6.91. The number of carbonyl (C=O) groups excluding carboxylic acids is 2. The highest BCUT2D eigenvalue weighted by molar-refractivity contribution is 5.91. The molecular formula is C23H30N4O2. The summed E-state index contributed by atoms with van der Waals surface area (Å²) in [4.78, 5) is 25.9. The van der Waals surface area contributed by atoms with Gasteiger partial charge in [-0.2, -0.15) is 0 Å². The monoisotopic (exact) mass is 394 g/mol. The van der Waals surface area contributed by atoms with Crippen LogP contribution in [0.4, 0.5) is 10.5 Å². The molecule has 0 atom stereocenters. The zero-order valence-electron chi connectivity index (χ0n) is 16.8. The first kappa shape index (κ1) is 20.9. The lowest BCUT2D eigenvalue weighted by molar-refractivity contribution is -0.117. The molecule has 1 heterocycles. The number of likely N-dealkylation sites (tertiary alicyclic amines) is 1. The Morgan fingerprint density at radius 3 is 2.24 bits per heavy atom. The molecule has 0 aromatic heterocycles. The molecule has 0 aliphatic carbocycles. The van der Waals surface area contributed by atoms with Crippen LogP contribution in [0.1, 0.15) is 42.4 Å². The minimum atomic E-state index is -0.431. The summed E-state index contributed by atoms with van der Waals surface area (Å²) in [7, 11) is 0. The van der Waals surface area contributed by atoms with Crippen molar-refractivity contribution in [3.05, 3.63) is 65.2 Å². The molecule has 0 spiro atoms. The van der Waals surface area contributed by atoms with Gasteiger partial charge in [-0.3, -0.25) is 9.69 Å². The lowest BCUT2D eigenvalue weighted by Gasteiger charge is -2.19. The van der Waals surface area contributed by atoms with E-state index in [-0.39, 0.29) is 12.5 Å². The summed E-state index contributed by atoms with van der Waals surface area (Å²) in [5.41, 5.74) is 8.92. The number of primary amides is 1. The standard InChI is InChI=1S/C23H30N4O2/c24-22(28)15-20-7-3-4-8-21(20)26-23(29)25-16-18-9-11-19(12-10-18)17-27-13-5-1-2-6-14-27/h3-4,7-12H,1-2,5-6,13-17H2,(H2,24,28)(H2,25,26,29). The maximum atomic E-state index is 12.2. The predicted molar refractivity (Wildman–Crippen MR) is 115 cm³/mol. The van der Waals surface area contributed by atoms with Crippen molar-refractivity contribution >= 4 is 17.6 Å². The fraction of sp³-hybridized carbons (Fsp3) is 0.391. The molecule has 1 saturated heterocycles. The van der Waals surface area contributed by atoms with Gasteiger partial charge in [0, 0.05) is 18.8 Å². The van der Waals surface area contributed by atoms with E-state index in [1.165, 1.54) is 44.3 Å². The van der Waals surface area contributed by atoms with E-state index >= 15 is 0 Å². The molecule has 0 bridgehead atoms. The minimum Gasteiger partial charge on any atom is -0.369 e. The number of hydrogen-bond acceptors (Lipinski definition) is 3. The van der Waals surface area contributed by atoms with E-state index < -0.39 is 5.91 Å². The van der Waals surface area contributed by atoms with Crippen molar-refractivity contribution in [3.8, 4) is 0 Å². The van der Waals surface area contributed by atoms with Crippen molar-refractivity contribution in [3.63, 3.8) is 0 Å². The SMILES string of the molecule is NC(=O)Cc1ccccc1NC(=O)NCc1ccc(CN2CCCCCC2)cc1. The Bertz CT molecular complexity index is 812.